The molecule has 1 saturated heterocycles. The summed E-state index contributed by atoms with van der Waals surface area (Å²) in [4.78, 5) is 11.4. The zero-order chi connectivity index (χ0) is 20.1. The van der Waals surface area contributed by atoms with Crippen molar-refractivity contribution < 1.29 is 13.2 Å². The maximum Gasteiger partial charge on any atom is 0.243 e. The van der Waals surface area contributed by atoms with Gasteiger partial charge in [0.1, 0.15) is 0 Å². The molecule has 150 valence electrons. The smallest absolute Gasteiger partial charge is 0.243 e. The van der Waals surface area contributed by atoms with Crippen LogP contribution in [0.1, 0.15) is 37.3 Å². The number of sulfonamides is 1. The van der Waals surface area contributed by atoms with E-state index in [1.807, 2.05) is 0 Å². The molecule has 1 fully saturated rings. The Morgan fingerprint density at radius 3 is 2.21 bits per heavy atom. The largest absolute Gasteiger partial charge is 0.326 e. The van der Waals surface area contributed by atoms with Crippen LogP contribution < -0.4 is 5.32 Å². The predicted octanol–water partition coefficient (Wildman–Crippen LogP) is 3.99. The van der Waals surface area contributed by atoms with Crippen LogP contribution in [0.3, 0.4) is 0 Å². The molecule has 0 atom stereocenters. The molecule has 1 amide bonds. The number of benzene rings is 2. The molecule has 1 heterocycles. The third-order valence-electron chi connectivity index (χ3n) is 5.35. The summed E-state index contributed by atoms with van der Waals surface area (Å²) in [6, 6.07) is 15.0. The first-order valence-corrected chi connectivity index (χ1v) is 11.2. The number of carbonyl (C=O) groups excluding carboxylic acids is 1. The van der Waals surface area contributed by atoms with Gasteiger partial charge in [-0.15, -0.1) is 0 Å². The molecule has 1 N–H and O–H groups in total. The van der Waals surface area contributed by atoms with Crippen LogP contribution in [-0.2, 0) is 21.2 Å². The summed E-state index contributed by atoms with van der Waals surface area (Å²) < 4.78 is 27.3. The van der Waals surface area contributed by atoms with Gasteiger partial charge in [-0.3, -0.25) is 4.79 Å². The maximum absolute atomic E-state index is 12.9. The van der Waals surface area contributed by atoms with Gasteiger partial charge < -0.3 is 5.32 Å². The fourth-order valence-electron chi connectivity index (χ4n) is 3.63. The molecule has 28 heavy (non-hydrogen) atoms. The van der Waals surface area contributed by atoms with E-state index >= 15 is 0 Å². The van der Waals surface area contributed by atoms with Crippen LogP contribution in [0.25, 0.3) is 0 Å². The number of amides is 1. The normalized spacial score (nSPS) is 16.1. The average molecular weight is 401 g/mol. The third-order valence-corrected chi connectivity index (χ3v) is 7.26. The number of piperidine rings is 1. The average Bonchev–Trinajstić information content (AvgIpc) is 2.68. The summed E-state index contributed by atoms with van der Waals surface area (Å²) in [5.41, 5.74) is 3.22. The molecule has 0 saturated carbocycles. The standard InChI is InChI=1S/C22H28N2O3S/c1-17-3-5-19(6-4-17)7-8-20-13-15-24(16-14-20)28(26,27)22-11-9-21(10-12-22)23-18(2)25/h3-6,9-12,20H,7-8,13-16H2,1-2H3,(H,23,25). The summed E-state index contributed by atoms with van der Waals surface area (Å²) in [5.74, 6) is 0.387. The second kappa shape index (κ2) is 8.88. The van der Waals surface area contributed by atoms with Gasteiger partial charge in [0.2, 0.25) is 15.9 Å². The molecule has 2 aromatic carbocycles. The Kier molecular flexibility index (Phi) is 6.52. The molecule has 0 aliphatic carbocycles. The monoisotopic (exact) mass is 400 g/mol. The number of nitrogens with one attached hydrogen (secondary N) is 1. The molecule has 0 bridgehead atoms. The van der Waals surface area contributed by atoms with Crippen molar-refractivity contribution in [2.24, 2.45) is 5.92 Å². The molecule has 0 unspecified atom stereocenters. The molecule has 1 aliphatic rings. The number of carbonyl (C=O) groups is 1. The number of hydrogen-bond donors (Lipinski definition) is 1. The van der Waals surface area contributed by atoms with Crippen LogP contribution in [0.2, 0.25) is 0 Å². The SMILES string of the molecule is CC(=O)Nc1ccc(S(=O)(=O)N2CCC(CCc3ccc(C)cc3)CC2)cc1. The van der Waals surface area contributed by atoms with Crippen molar-refractivity contribution >= 4 is 21.6 Å². The van der Waals surface area contributed by atoms with Crippen molar-refractivity contribution in [2.45, 2.75) is 44.4 Å². The molecule has 3 rings (SSSR count). The van der Waals surface area contributed by atoms with E-state index in [1.54, 1.807) is 28.6 Å². The fourth-order valence-corrected chi connectivity index (χ4v) is 5.10. The van der Waals surface area contributed by atoms with Crippen LogP contribution in [0.15, 0.2) is 53.4 Å². The highest BCUT2D eigenvalue weighted by atomic mass is 32.2. The Hall–Kier alpha value is -2.18. The van der Waals surface area contributed by atoms with Crippen LogP contribution >= 0.6 is 0 Å². The van der Waals surface area contributed by atoms with Crippen LogP contribution in [0.4, 0.5) is 5.69 Å². The second-order valence-electron chi connectivity index (χ2n) is 7.58. The molecule has 5 nitrogen and oxygen atoms in total. The minimum absolute atomic E-state index is 0.177. The quantitative estimate of drug-likeness (QED) is 0.797. The van der Waals surface area contributed by atoms with Gasteiger partial charge in [0.25, 0.3) is 0 Å². The Labute approximate surface area is 167 Å². The lowest BCUT2D eigenvalue weighted by molar-refractivity contribution is -0.114. The summed E-state index contributed by atoms with van der Waals surface area (Å²) in [6.45, 7) is 4.64. The Morgan fingerprint density at radius 2 is 1.64 bits per heavy atom. The number of anilines is 1. The first-order valence-electron chi connectivity index (χ1n) is 9.78. The van der Waals surface area contributed by atoms with Crippen molar-refractivity contribution in [1.82, 2.24) is 4.31 Å². The highest BCUT2D eigenvalue weighted by Gasteiger charge is 2.29. The predicted molar refractivity (Wildman–Crippen MR) is 112 cm³/mol. The Balaban J connectivity index is 1.54. The maximum atomic E-state index is 12.9. The van der Waals surface area contributed by atoms with Gasteiger partial charge in [-0.2, -0.15) is 4.31 Å². The van der Waals surface area contributed by atoms with Gasteiger partial charge >= 0.3 is 0 Å². The van der Waals surface area contributed by atoms with Gasteiger partial charge in [-0.25, -0.2) is 8.42 Å². The minimum Gasteiger partial charge on any atom is -0.326 e. The van der Waals surface area contributed by atoms with Crippen molar-refractivity contribution in [1.29, 1.82) is 0 Å². The Morgan fingerprint density at radius 1 is 1.04 bits per heavy atom. The van der Waals surface area contributed by atoms with Crippen molar-refractivity contribution in [2.75, 3.05) is 18.4 Å². The van der Waals surface area contributed by atoms with Gasteiger partial charge in [0.05, 0.1) is 4.90 Å². The van der Waals surface area contributed by atoms with Gasteiger partial charge in [0, 0.05) is 25.7 Å². The summed E-state index contributed by atoms with van der Waals surface area (Å²) >= 11 is 0. The van der Waals surface area contributed by atoms with Crippen molar-refractivity contribution in [3.8, 4) is 0 Å². The van der Waals surface area contributed by atoms with Gasteiger partial charge in [0.15, 0.2) is 0 Å². The van der Waals surface area contributed by atoms with E-state index in [-0.39, 0.29) is 10.8 Å². The van der Waals surface area contributed by atoms with E-state index in [0.717, 1.165) is 25.7 Å². The number of nitrogens with zero attached hydrogens (tertiary/aromatic N) is 1. The van der Waals surface area contributed by atoms with E-state index < -0.39 is 10.0 Å². The summed E-state index contributed by atoms with van der Waals surface area (Å²) in [7, 11) is -3.48. The lowest BCUT2D eigenvalue weighted by atomic mass is 9.91. The van der Waals surface area contributed by atoms with Gasteiger partial charge in [-0.1, -0.05) is 29.8 Å². The van der Waals surface area contributed by atoms with E-state index in [9.17, 15) is 13.2 Å². The lowest BCUT2D eigenvalue weighted by Gasteiger charge is -2.31. The number of rotatable bonds is 6. The van der Waals surface area contributed by atoms with E-state index in [4.69, 9.17) is 0 Å². The first-order chi connectivity index (χ1) is 13.3. The molecule has 0 radical (unpaired) electrons. The van der Waals surface area contributed by atoms with Crippen LogP contribution in [0.5, 0.6) is 0 Å². The molecule has 0 spiro atoms. The number of hydrogen-bond acceptors (Lipinski definition) is 3. The number of aryl methyl sites for hydroxylation is 2. The topological polar surface area (TPSA) is 66.5 Å². The van der Waals surface area contributed by atoms with Crippen molar-refractivity contribution in [3.63, 3.8) is 0 Å². The third kappa shape index (κ3) is 5.20. The zero-order valence-electron chi connectivity index (χ0n) is 16.5. The van der Waals surface area contributed by atoms with Gasteiger partial charge in [-0.05, 0) is 68.4 Å². The highest BCUT2D eigenvalue weighted by molar-refractivity contribution is 7.89. The summed E-state index contributed by atoms with van der Waals surface area (Å²) in [5, 5.41) is 2.65. The van der Waals surface area contributed by atoms with Crippen LogP contribution in [0, 0.1) is 12.8 Å². The molecule has 6 heteroatoms. The van der Waals surface area contributed by atoms with E-state index in [1.165, 1.54) is 18.1 Å². The zero-order valence-corrected chi connectivity index (χ0v) is 17.3. The van der Waals surface area contributed by atoms with Crippen LogP contribution in [-0.4, -0.2) is 31.7 Å². The fraction of sp³-hybridized carbons (Fsp3) is 0.409. The lowest BCUT2D eigenvalue weighted by Crippen LogP contribution is -2.38. The van der Waals surface area contributed by atoms with Crippen molar-refractivity contribution in [3.05, 3.63) is 59.7 Å². The highest BCUT2D eigenvalue weighted by Crippen LogP contribution is 2.27. The van der Waals surface area contributed by atoms with E-state index in [0.29, 0.717) is 24.7 Å². The second-order valence-corrected chi connectivity index (χ2v) is 9.52. The molecule has 1 aliphatic heterocycles. The summed E-state index contributed by atoms with van der Waals surface area (Å²) in [6.07, 6.45) is 3.94. The molecular formula is C22H28N2O3S. The first kappa shape index (κ1) is 20.6. The molecule has 0 aromatic heterocycles. The van der Waals surface area contributed by atoms with E-state index in [2.05, 4.69) is 36.5 Å². The molecular weight excluding hydrogens is 372 g/mol. The molecule has 2 aromatic rings. The Bertz CT molecular complexity index is 898. The minimum atomic E-state index is -3.48.